The summed E-state index contributed by atoms with van der Waals surface area (Å²) in [6, 6.07) is 24.5. The van der Waals surface area contributed by atoms with E-state index in [0.717, 1.165) is 5.69 Å². The van der Waals surface area contributed by atoms with E-state index in [1.54, 1.807) is 55.6 Å². The summed E-state index contributed by atoms with van der Waals surface area (Å²) in [6.07, 6.45) is -0.274. The quantitative estimate of drug-likeness (QED) is 0.485. The molecule has 0 bridgehead atoms. The van der Waals surface area contributed by atoms with Gasteiger partial charge in [0.05, 0.1) is 12.0 Å². The molecular weight excluding hydrogens is 338 g/mol. The monoisotopic (exact) mass is 357 g/mol. The van der Waals surface area contributed by atoms with Gasteiger partial charge in [-0.3, -0.25) is 14.4 Å². The maximum absolute atomic E-state index is 12.9. The zero-order chi connectivity index (χ0) is 19.2. The first-order valence-electron chi connectivity index (χ1n) is 8.61. The van der Waals surface area contributed by atoms with Crippen LogP contribution in [-0.4, -0.2) is 24.5 Å². The van der Waals surface area contributed by atoms with Gasteiger partial charge in [0.25, 0.3) is 5.91 Å². The van der Waals surface area contributed by atoms with E-state index in [0.29, 0.717) is 5.56 Å². The van der Waals surface area contributed by atoms with Crippen molar-refractivity contribution in [3.8, 4) is 0 Å². The molecule has 0 aliphatic carbocycles. The summed E-state index contributed by atoms with van der Waals surface area (Å²) < 4.78 is 0. The second-order valence-corrected chi connectivity index (χ2v) is 6.13. The summed E-state index contributed by atoms with van der Waals surface area (Å²) in [5, 5.41) is 0. The zero-order valence-electron chi connectivity index (χ0n) is 15.0. The number of carbonyl (C=O) groups is 3. The summed E-state index contributed by atoms with van der Waals surface area (Å²) in [5.74, 6) is -0.925. The normalized spacial score (nSPS) is 10.3. The molecule has 0 radical (unpaired) electrons. The summed E-state index contributed by atoms with van der Waals surface area (Å²) in [6.45, 7) is 0. The van der Waals surface area contributed by atoms with E-state index < -0.39 is 0 Å². The standard InChI is InChI=1S/C23H19NO3/c1-24(18-12-6-3-7-13-18)23(27)20-15-9-8-14-19(20)22(26)16-21(25)17-10-4-2-5-11-17/h2-15H,16H2,1H3. The predicted molar refractivity (Wildman–Crippen MR) is 105 cm³/mol. The van der Waals surface area contributed by atoms with E-state index in [4.69, 9.17) is 0 Å². The molecule has 1 amide bonds. The van der Waals surface area contributed by atoms with Gasteiger partial charge in [0.1, 0.15) is 0 Å². The Morgan fingerprint density at radius 3 is 1.81 bits per heavy atom. The van der Waals surface area contributed by atoms with E-state index in [9.17, 15) is 14.4 Å². The van der Waals surface area contributed by atoms with Crippen molar-refractivity contribution >= 4 is 23.2 Å². The van der Waals surface area contributed by atoms with Crippen molar-refractivity contribution in [1.82, 2.24) is 0 Å². The molecule has 0 fully saturated rings. The highest BCUT2D eigenvalue weighted by molar-refractivity contribution is 6.19. The molecule has 4 heteroatoms. The van der Waals surface area contributed by atoms with Crippen LogP contribution in [0, 0.1) is 0 Å². The second kappa shape index (κ2) is 8.23. The van der Waals surface area contributed by atoms with Crippen LogP contribution in [-0.2, 0) is 0 Å². The third-order valence-corrected chi connectivity index (χ3v) is 4.32. The van der Waals surface area contributed by atoms with Gasteiger partial charge in [0, 0.05) is 23.9 Å². The molecule has 134 valence electrons. The van der Waals surface area contributed by atoms with Crippen LogP contribution in [0.1, 0.15) is 37.5 Å². The van der Waals surface area contributed by atoms with E-state index in [2.05, 4.69) is 0 Å². The first kappa shape index (κ1) is 18.3. The van der Waals surface area contributed by atoms with Crippen LogP contribution in [0.25, 0.3) is 0 Å². The molecule has 0 aliphatic rings. The molecule has 0 saturated carbocycles. The molecule has 3 aromatic rings. The topological polar surface area (TPSA) is 54.5 Å². The molecule has 0 heterocycles. The minimum absolute atomic E-state index is 0.259. The van der Waals surface area contributed by atoms with Gasteiger partial charge in [-0.15, -0.1) is 0 Å². The summed E-state index contributed by atoms with van der Waals surface area (Å²) >= 11 is 0. The predicted octanol–water partition coefficient (Wildman–Crippen LogP) is 4.42. The lowest BCUT2D eigenvalue weighted by Gasteiger charge is -2.18. The SMILES string of the molecule is CN(C(=O)c1ccccc1C(=O)CC(=O)c1ccccc1)c1ccccc1. The molecule has 0 atom stereocenters. The van der Waals surface area contributed by atoms with E-state index >= 15 is 0 Å². The maximum atomic E-state index is 12.9. The van der Waals surface area contributed by atoms with Crippen molar-refractivity contribution in [2.45, 2.75) is 6.42 Å². The number of hydrogen-bond donors (Lipinski definition) is 0. The van der Waals surface area contributed by atoms with Crippen molar-refractivity contribution in [3.05, 3.63) is 102 Å². The molecule has 0 N–H and O–H groups in total. The number of Topliss-reactive ketones (excluding diaryl/α,β-unsaturated/α-hetero) is 2. The zero-order valence-corrected chi connectivity index (χ0v) is 15.0. The number of ketones is 2. The number of nitrogens with zero attached hydrogens (tertiary/aromatic N) is 1. The highest BCUT2D eigenvalue weighted by atomic mass is 16.2. The lowest BCUT2D eigenvalue weighted by atomic mass is 9.97. The van der Waals surface area contributed by atoms with Crippen LogP contribution < -0.4 is 4.90 Å². The Kier molecular flexibility index (Phi) is 5.57. The van der Waals surface area contributed by atoms with Crippen molar-refractivity contribution < 1.29 is 14.4 Å². The first-order chi connectivity index (χ1) is 13.1. The third-order valence-electron chi connectivity index (χ3n) is 4.32. The highest BCUT2D eigenvalue weighted by Crippen LogP contribution is 2.19. The molecule has 0 spiro atoms. The molecule has 0 aromatic heterocycles. The van der Waals surface area contributed by atoms with Crippen molar-refractivity contribution in [1.29, 1.82) is 0 Å². The fourth-order valence-corrected chi connectivity index (χ4v) is 2.83. The number of para-hydroxylation sites is 1. The van der Waals surface area contributed by atoms with E-state index in [1.165, 1.54) is 4.90 Å². The molecule has 0 aliphatic heterocycles. The van der Waals surface area contributed by atoms with Crippen molar-refractivity contribution in [3.63, 3.8) is 0 Å². The number of benzene rings is 3. The molecule has 4 nitrogen and oxygen atoms in total. The Hall–Kier alpha value is -3.53. The average Bonchev–Trinajstić information content (AvgIpc) is 2.73. The van der Waals surface area contributed by atoms with Gasteiger partial charge in [-0.25, -0.2) is 0 Å². The number of hydrogen-bond acceptors (Lipinski definition) is 3. The third kappa shape index (κ3) is 4.18. The second-order valence-electron chi connectivity index (χ2n) is 6.13. The maximum Gasteiger partial charge on any atom is 0.258 e. The van der Waals surface area contributed by atoms with Crippen LogP contribution >= 0.6 is 0 Å². The Balaban J connectivity index is 1.84. The Morgan fingerprint density at radius 1 is 0.667 bits per heavy atom. The van der Waals surface area contributed by atoms with Gasteiger partial charge >= 0.3 is 0 Å². The first-order valence-corrected chi connectivity index (χ1v) is 8.61. The molecule has 3 aromatic carbocycles. The number of anilines is 1. The molecule has 27 heavy (non-hydrogen) atoms. The van der Waals surface area contributed by atoms with Crippen LogP contribution in [0.3, 0.4) is 0 Å². The number of amides is 1. The van der Waals surface area contributed by atoms with Crippen LogP contribution in [0.2, 0.25) is 0 Å². The summed E-state index contributed by atoms with van der Waals surface area (Å²) in [4.78, 5) is 39.5. The molecule has 0 saturated heterocycles. The molecule has 0 unspecified atom stereocenters. The fourth-order valence-electron chi connectivity index (χ4n) is 2.83. The minimum Gasteiger partial charge on any atom is -0.311 e. The van der Waals surface area contributed by atoms with Gasteiger partial charge < -0.3 is 4.90 Å². The summed E-state index contributed by atoms with van der Waals surface area (Å²) in [7, 11) is 1.66. The van der Waals surface area contributed by atoms with Gasteiger partial charge in [0.15, 0.2) is 11.6 Å². The van der Waals surface area contributed by atoms with E-state index in [1.807, 2.05) is 36.4 Å². The van der Waals surface area contributed by atoms with Gasteiger partial charge in [-0.05, 0) is 18.2 Å². The van der Waals surface area contributed by atoms with E-state index in [-0.39, 0.29) is 35.0 Å². The number of carbonyl (C=O) groups excluding carboxylic acids is 3. The van der Waals surface area contributed by atoms with Gasteiger partial charge in [-0.2, -0.15) is 0 Å². The highest BCUT2D eigenvalue weighted by Gasteiger charge is 2.22. The van der Waals surface area contributed by atoms with Crippen LogP contribution in [0.4, 0.5) is 5.69 Å². The van der Waals surface area contributed by atoms with Crippen molar-refractivity contribution in [2.24, 2.45) is 0 Å². The van der Waals surface area contributed by atoms with Gasteiger partial charge in [0.2, 0.25) is 0 Å². The Bertz CT molecular complexity index is 965. The average molecular weight is 357 g/mol. The fraction of sp³-hybridized carbons (Fsp3) is 0.0870. The summed E-state index contributed by atoms with van der Waals surface area (Å²) in [5.41, 5.74) is 1.76. The number of rotatable bonds is 6. The largest absolute Gasteiger partial charge is 0.311 e. The molecule has 3 rings (SSSR count). The Morgan fingerprint density at radius 2 is 1.19 bits per heavy atom. The smallest absolute Gasteiger partial charge is 0.258 e. The molecular formula is C23H19NO3. The van der Waals surface area contributed by atoms with Crippen LogP contribution in [0.5, 0.6) is 0 Å². The Labute approximate surface area is 158 Å². The lowest BCUT2D eigenvalue weighted by Crippen LogP contribution is -2.28. The van der Waals surface area contributed by atoms with Crippen molar-refractivity contribution in [2.75, 3.05) is 11.9 Å². The van der Waals surface area contributed by atoms with Gasteiger partial charge in [-0.1, -0.05) is 66.7 Å². The minimum atomic E-state index is -0.366. The van der Waals surface area contributed by atoms with Crippen LogP contribution in [0.15, 0.2) is 84.9 Å². The lowest BCUT2D eigenvalue weighted by molar-refractivity contribution is 0.0886.